The summed E-state index contributed by atoms with van der Waals surface area (Å²) in [5.41, 5.74) is 0. The van der Waals surface area contributed by atoms with Crippen molar-refractivity contribution in [2.45, 2.75) is 39.5 Å². The molecule has 0 aliphatic rings. The van der Waals surface area contributed by atoms with Crippen LogP contribution in [0.25, 0.3) is 0 Å². The second-order valence-electron chi connectivity index (χ2n) is 3.68. The van der Waals surface area contributed by atoms with Crippen molar-refractivity contribution in [1.82, 2.24) is 0 Å². The van der Waals surface area contributed by atoms with Crippen molar-refractivity contribution in [2.24, 2.45) is 11.8 Å². The molecule has 0 aromatic rings. The molecule has 0 heterocycles. The summed E-state index contributed by atoms with van der Waals surface area (Å²) in [5, 5.41) is 0. The molecule has 0 aliphatic heterocycles. The zero-order chi connectivity index (χ0) is 9.40. The highest BCUT2D eigenvalue weighted by molar-refractivity contribution is 7.80. The van der Waals surface area contributed by atoms with Gasteiger partial charge in [-0.15, -0.1) is 0 Å². The summed E-state index contributed by atoms with van der Waals surface area (Å²) in [4.78, 5) is 0. The summed E-state index contributed by atoms with van der Waals surface area (Å²) in [7, 11) is 0. The molecule has 2 unspecified atom stereocenters. The van der Waals surface area contributed by atoms with Crippen molar-refractivity contribution in [3.63, 3.8) is 0 Å². The molecule has 0 spiro atoms. The molecule has 0 amide bonds. The maximum absolute atomic E-state index is 4.33. The fraction of sp³-hybridized carbons (Fsp3) is 1.00. The molecule has 0 fully saturated rings. The van der Waals surface area contributed by atoms with E-state index in [1.54, 1.807) is 0 Å². The highest BCUT2D eigenvalue weighted by atomic mass is 32.1. The van der Waals surface area contributed by atoms with Crippen molar-refractivity contribution in [1.29, 1.82) is 0 Å². The van der Waals surface area contributed by atoms with Crippen molar-refractivity contribution >= 4 is 25.3 Å². The Bertz CT molecular complexity index is 89.8. The molecule has 0 saturated carbocycles. The van der Waals surface area contributed by atoms with Crippen LogP contribution in [0.4, 0.5) is 0 Å². The van der Waals surface area contributed by atoms with Gasteiger partial charge in [0.25, 0.3) is 0 Å². The largest absolute Gasteiger partial charge is 0.179 e. The molecule has 0 aromatic carbocycles. The smallest absolute Gasteiger partial charge is 0.00696 e. The van der Waals surface area contributed by atoms with Gasteiger partial charge in [-0.05, 0) is 36.2 Å². The Morgan fingerprint density at radius 1 is 1.08 bits per heavy atom. The van der Waals surface area contributed by atoms with Crippen LogP contribution in [0.3, 0.4) is 0 Å². The van der Waals surface area contributed by atoms with Crippen LogP contribution in [0.2, 0.25) is 0 Å². The molecular formula is C10H22S2. The minimum absolute atomic E-state index is 0.783. The van der Waals surface area contributed by atoms with Crippen molar-refractivity contribution in [3.8, 4) is 0 Å². The van der Waals surface area contributed by atoms with Gasteiger partial charge < -0.3 is 0 Å². The predicted octanol–water partition coefficient (Wildman–Crippen LogP) is 3.68. The van der Waals surface area contributed by atoms with Crippen molar-refractivity contribution in [3.05, 3.63) is 0 Å². The van der Waals surface area contributed by atoms with Crippen LogP contribution in [0.15, 0.2) is 0 Å². The Labute approximate surface area is 88.3 Å². The van der Waals surface area contributed by atoms with Gasteiger partial charge in [0.05, 0.1) is 0 Å². The van der Waals surface area contributed by atoms with Crippen LogP contribution in [-0.2, 0) is 0 Å². The lowest BCUT2D eigenvalue weighted by atomic mass is 9.98. The lowest BCUT2D eigenvalue weighted by Crippen LogP contribution is -2.02. The van der Waals surface area contributed by atoms with Gasteiger partial charge in [-0.1, -0.05) is 26.7 Å². The van der Waals surface area contributed by atoms with Gasteiger partial charge in [-0.25, -0.2) is 0 Å². The monoisotopic (exact) mass is 206 g/mol. The summed E-state index contributed by atoms with van der Waals surface area (Å²) in [5.74, 6) is 3.69. The fourth-order valence-corrected chi connectivity index (χ4v) is 1.89. The van der Waals surface area contributed by atoms with Crippen LogP contribution in [-0.4, -0.2) is 11.5 Å². The molecular weight excluding hydrogens is 184 g/mol. The Balaban J connectivity index is 3.28. The van der Waals surface area contributed by atoms with E-state index in [0.29, 0.717) is 0 Å². The van der Waals surface area contributed by atoms with E-state index in [2.05, 4.69) is 39.1 Å². The molecule has 12 heavy (non-hydrogen) atoms. The minimum atomic E-state index is 0.783. The van der Waals surface area contributed by atoms with Gasteiger partial charge in [0, 0.05) is 0 Å². The lowest BCUT2D eigenvalue weighted by Gasteiger charge is -2.12. The van der Waals surface area contributed by atoms with E-state index in [-0.39, 0.29) is 0 Å². The third kappa shape index (κ3) is 6.24. The molecule has 0 nitrogen and oxygen atoms in total. The van der Waals surface area contributed by atoms with Crippen LogP contribution < -0.4 is 0 Å². The summed E-state index contributed by atoms with van der Waals surface area (Å²) in [6.07, 6.45) is 5.30. The van der Waals surface area contributed by atoms with Crippen LogP contribution in [0, 0.1) is 11.8 Å². The number of thiol groups is 2. The normalized spacial score (nSPS) is 16.0. The predicted molar refractivity (Wildman–Crippen MR) is 64.5 cm³/mol. The molecule has 0 saturated heterocycles. The first kappa shape index (κ1) is 12.7. The average molecular weight is 206 g/mol. The first-order valence-electron chi connectivity index (χ1n) is 4.96. The van der Waals surface area contributed by atoms with Crippen LogP contribution in [0.5, 0.6) is 0 Å². The van der Waals surface area contributed by atoms with E-state index in [1.807, 2.05) is 0 Å². The number of hydrogen-bond acceptors (Lipinski definition) is 2. The fourth-order valence-electron chi connectivity index (χ4n) is 1.27. The van der Waals surface area contributed by atoms with Gasteiger partial charge in [-0.3, -0.25) is 0 Å². The zero-order valence-corrected chi connectivity index (χ0v) is 10.1. The maximum Gasteiger partial charge on any atom is -0.00696 e. The average Bonchev–Trinajstić information content (AvgIpc) is 2.12. The summed E-state index contributed by atoms with van der Waals surface area (Å²) in [6.45, 7) is 4.53. The quantitative estimate of drug-likeness (QED) is 0.583. The molecule has 0 N–H and O–H groups in total. The highest BCUT2D eigenvalue weighted by Crippen LogP contribution is 2.17. The van der Waals surface area contributed by atoms with Gasteiger partial charge in [0.15, 0.2) is 0 Å². The van der Waals surface area contributed by atoms with Crippen LogP contribution in [0.1, 0.15) is 39.5 Å². The second-order valence-corrected chi connectivity index (χ2v) is 4.41. The summed E-state index contributed by atoms with van der Waals surface area (Å²) >= 11 is 8.60. The summed E-state index contributed by atoms with van der Waals surface area (Å²) < 4.78 is 0. The topological polar surface area (TPSA) is 0 Å². The third-order valence-corrected chi connectivity index (χ3v) is 3.60. The molecule has 0 rings (SSSR count). The summed E-state index contributed by atoms with van der Waals surface area (Å²) in [6, 6.07) is 0. The molecule has 0 aromatic heterocycles. The first-order chi connectivity index (χ1) is 5.74. The number of hydrogen-bond donors (Lipinski definition) is 2. The molecule has 0 aliphatic carbocycles. The first-order valence-corrected chi connectivity index (χ1v) is 6.22. The van der Waals surface area contributed by atoms with E-state index in [1.165, 1.54) is 25.7 Å². The van der Waals surface area contributed by atoms with E-state index in [9.17, 15) is 0 Å². The lowest BCUT2D eigenvalue weighted by molar-refractivity contribution is 0.457. The third-order valence-electron chi connectivity index (χ3n) is 2.46. The molecule has 0 bridgehead atoms. The zero-order valence-electron chi connectivity index (χ0n) is 8.29. The Morgan fingerprint density at radius 2 is 1.75 bits per heavy atom. The Hall–Kier alpha value is 0.700. The van der Waals surface area contributed by atoms with Gasteiger partial charge in [0.2, 0.25) is 0 Å². The Kier molecular flexibility index (Phi) is 8.79. The standard InChI is InChI=1S/C10H22S2/c1-3-10(8-12)6-4-5-9(2)7-11/h9-12H,3-8H2,1-2H3. The minimum Gasteiger partial charge on any atom is -0.179 e. The number of rotatable bonds is 7. The van der Waals surface area contributed by atoms with E-state index >= 15 is 0 Å². The molecule has 2 heteroatoms. The van der Waals surface area contributed by atoms with E-state index < -0.39 is 0 Å². The van der Waals surface area contributed by atoms with Crippen LogP contribution >= 0.6 is 25.3 Å². The molecule has 74 valence electrons. The SMILES string of the molecule is CCC(CS)CCCC(C)CS. The van der Waals surface area contributed by atoms with Crippen molar-refractivity contribution < 1.29 is 0 Å². The van der Waals surface area contributed by atoms with Gasteiger partial charge in [-0.2, -0.15) is 25.3 Å². The van der Waals surface area contributed by atoms with Gasteiger partial charge >= 0.3 is 0 Å². The van der Waals surface area contributed by atoms with E-state index in [4.69, 9.17) is 0 Å². The highest BCUT2D eigenvalue weighted by Gasteiger charge is 2.05. The molecule has 0 radical (unpaired) electrons. The molecule has 2 atom stereocenters. The second kappa shape index (κ2) is 8.31. The van der Waals surface area contributed by atoms with E-state index in [0.717, 1.165) is 23.3 Å². The van der Waals surface area contributed by atoms with Crippen molar-refractivity contribution in [2.75, 3.05) is 11.5 Å². The maximum atomic E-state index is 4.33. The van der Waals surface area contributed by atoms with Gasteiger partial charge in [0.1, 0.15) is 0 Å². The Morgan fingerprint density at radius 3 is 2.17 bits per heavy atom.